The third kappa shape index (κ3) is 4.53. The number of hydrogen-bond donors (Lipinski definition) is 0. The summed E-state index contributed by atoms with van der Waals surface area (Å²) in [6, 6.07) is 29.5. The zero-order valence-electron chi connectivity index (χ0n) is 20.5. The smallest absolute Gasteiger partial charge is 0.0461 e. The molecule has 1 heteroatoms. The summed E-state index contributed by atoms with van der Waals surface area (Å²) in [6.07, 6.45) is 16.5. The fourth-order valence-corrected chi connectivity index (χ4v) is 5.61. The van der Waals surface area contributed by atoms with Crippen molar-refractivity contribution >= 4 is 11.4 Å². The normalized spacial score (nSPS) is 17.5. The molecule has 0 aromatic heterocycles. The van der Waals surface area contributed by atoms with Crippen LogP contribution < -0.4 is 4.90 Å². The van der Waals surface area contributed by atoms with E-state index in [0.29, 0.717) is 0 Å². The molecule has 0 unspecified atom stereocenters. The van der Waals surface area contributed by atoms with E-state index in [2.05, 4.69) is 122 Å². The van der Waals surface area contributed by atoms with E-state index < -0.39 is 0 Å². The van der Waals surface area contributed by atoms with Gasteiger partial charge in [0, 0.05) is 22.5 Å². The number of allylic oxidation sites excluding steroid dienone is 5. The van der Waals surface area contributed by atoms with Gasteiger partial charge in [-0.3, -0.25) is 0 Å². The largest absolute Gasteiger partial charge is 0.311 e. The summed E-state index contributed by atoms with van der Waals surface area (Å²) in [7, 11) is 0. The van der Waals surface area contributed by atoms with E-state index in [9.17, 15) is 0 Å². The van der Waals surface area contributed by atoms with Crippen molar-refractivity contribution in [1.82, 2.24) is 0 Å². The van der Waals surface area contributed by atoms with Gasteiger partial charge in [-0.1, -0.05) is 103 Å². The highest BCUT2D eigenvalue weighted by Crippen LogP contribution is 2.45. The molecule has 3 aromatic carbocycles. The summed E-state index contributed by atoms with van der Waals surface area (Å²) >= 11 is 0. The minimum absolute atomic E-state index is 0.134. The average Bonchev–Trinajstić information content (AvgIpc) is 3.11. The molecule has 3 aromatic rings. The van der Waals surface area contributed by atoms with Crippen LogP contribution in [0.1, 0.15) is 62.1 Å². The molecule has 5 rings (SSSR count). The molecule has 2 aliphatic rings. The summed E-state index contributed by atoms with van der Waals surface area (Å²) in [4.78, 5) is 2.39. The molecular weight excluding hydrogens is 410 g/mol. The van der Waals surface area contributed by atoms with Gasteiger partial charge in [0.2, 0.25) is 0 Å². The van der Waals surface area contributed by atoms with Gasteiger partial charge < -0.3 is 4.90 Å². The van der Waals surface area contributed by atoms with Crippen molar-refractivity contribution in [3.05, 3.63) is 131 Å². The van der Waals surface area contributed by atoms with Gasteiger partial charge in [0.1, 0.15) is 0 Å². The summed E-state index contributed by atoms with van der Waals surface area (Å²) in [5, 5.41) is 0. The lowest BCUT2D eigenvalue weighted by Gasteiger charge is -2.39. The van der Waals surface area contributed by atoms with E-state index in [1.807, 2.05) is 0 Å². The van der Waals surface area contributed by atoms with E-state index in [1.54, 1.807) is 0 Å². The molecule has 0 saturated heterocycles. The first-order valence-corrected chi connectivity index (χ1v) is 12.7. The van der Waals surface area contributed by atoms with Crippen molar-refractivity contribution in [2.45, 2.75) is 57.8 Å². The Morgan fingerprint density at radius 2 is 1.24 bits per heavy atom. The average molecular weight is 446 g/mol. The molecule has 2 aliphatic carbocycles. The predicted molar refractivity (Wildman–Crippen MR) is 146 cm³/mol. The Morgan fingerprint density at radius 1 is 0.618 bits per heavy atom. The highest BCUT2D eigenvalue weighted by molar-refractivity contribution is 5.71. The highest BCUT2D eigenvalue weighted by Gasteiger charge is 2.35. The lowest BCUT2D eigenvalue weighted by Crippen LogP contribution is -2.30. The molecule has 1 nitrogen and oxygen atoms in total. The summed E-state index contributed by atoms with van der Waals surface area (Å²) < 4.78 is 0. The van der Waals surface area contributed by atoms with Gasteiger partial charge in [-0.2, -0.15) is 0 Å². The lowest BCUT2D eigenvalue weighted by atomic mass is 9.65. The van der Waals surface area contributed by atoms with Crippen molar-refractivity contribution in [2.75, 3.05) is 4.90 Å². The maximum absolute atomic E-state index is 2.39. The number of aryl methyl sites for hydroxylation is 1. The van der Waals surface area contributed by atoms with E-state index in [4.69, 9.17) is 0 Å². The maximum atomic E-state index is 2.39. The summed E-state index contributed by atoms with van der Waals surface area (Å²) in [6.45, 7) is 4.32. The van der Waals surface area contributed by atoms with Gasteiger partial charge in [-0.25, -0.2) is 0 Å². The van der Waals surface area contributed by atoms with Gasteiger partial charge in [-0.05, 0) is 74.6 Å². The predicted octanol–water partition coefficient (Wildman–Crippen LogP) is 9.17. The SMILES string of the molecule is CC1=CCC=C(N(c2ccc(C)cc2)c2ccc(C3(c4ccccc4)CCCCC3)cc2)C=C1. The van der Waals surface area contributed by atoms with Gasteiger partial charge in [0.15, 0.2) is 0 Å². The van der Waals surface area contributed by atoms with Gasteiger partial charge in [0.25, 0.3) is 0 Å². The van der Waals surface area contributed by atoms with Gasteiger partial charge in [-0.15, -0.1) is 0 Å². The van der Waals surface area contributed by atoms with Crippen LogP contribution in [0.25, 0.3) is 0 Å². The maximum Gasteiger partial charge on any atom is 0.0461 e. The molecule has 0 heterocycles. The zero-order chi connectivity index (χ0) is 23.4. The Balaban J connectivity index is 1.55. The molecule has 0 radical (unpaired) electrons. The van der Waals surface area contributed by atoms with Crippen LogP contribution in [-0.2, 0) is 5.41 Å². The fourth-order valence-electron chi connectivity index (χ4n) is 5.61. The zero-order valence-corrected chi connectivity index (χ0v) is 20.5. The van der Waals surface area contributed by atoms with Crippen LogP contribution in [0.3, 0.4) is 0 Å². The van der Waals surface area contributed by atoms with Crippen LogP contribution in [0.5, 0.6) is 0 Å². The first kappa shape index (κ1) is 22.5. The van der Waals surface area contributed by atoms with Crippen LogP contribution in [0, 0.1) is 6.92 Å². The second-order valence-electron chi connectivity index (χ2n) is 9.87. The first-order valence-electron chi connectivity index (χ1n) is 12.7. The highest BCUT2D eigenvalue weighted by atomic mass is 15.1. The Morgan fingerprint density at radius 3 is 1.91 bits per heavy atom. The van der Waals surface area contributed by atoms with E-state index in [-0.39, 0.29) is 5.41 Å². The molecule has 0 amide bonds. The van der Waals surface area contributed by atoms with E-state index in [1.165, 1.54) is 71.4 Å². The molecule has 1 saturated carbocycles. The second kappa shape index (κ2) is 9.89. The van der Waals surface area contributed by atoms with Crippen molar-refractivity contribution in [3.63, 3.8) is 0 Å². The van der Waals surface area contributed by atoms with Crippen molar-refractivity contribution in [2.24, 2.45) is 0 Å². The molecule has 34 heavy (non-hydrogen) atoms. The quantitative estimate of drug-likeness (QED) is 0.378. The van der Waals surface area contributed by atoms with Gasteiger partial charge >= 0.3 is 0 Å². The minimum Gasteiger partial charge on any atom is -0.311 e. The third-order valence-electron chi connectivity index (χ3n) is 7.55. The van der Waals surface area contributed by atoms with Crippen LogP contribution >= 0.6 is 0 Å². The topological polar surface area (TPSA) is 3.24 Å². The molecule has 172 valence electrons. The molecule has 0 spiro atoms. The van der Waals surface area contributed by atoms with Crippen LogP contribution in [-0.4, -0.2) is 0 Å². The van der Waals surface area contributed by atoms with Gasteiger partial charge in [0.05, 0.1) is 0 Å². The summed E-state index contributed by atoms with van der Waals surface area (Å²) in [5.41, 5.74) is 9.28. The number of anilines is 2. The Labute approximate surface area is 205 Å². The second-order valence-corrected chi connectivity index (χ2v) is 9.87. The lowest BCUT2D eigenvalue weighted by molar-refractivity contribution is 0.346. The Kier molecular flexibility index (Phi) is 6.54. The van der Waals surface area contributed by atoms with Crippen molar-refractivity contribution in [1.29, 1.82) is 0 Å². The van der Waals surface area contributed by atoms with Crippen LogP contribution in [0.4, 0.5) is 11.4 Å². The van der Waals surface area contributed by atoms with Crippen molar-refractivity contribution < 1.29 is 0 Å². The van der Waals surface area contributed by atoms with Crippen LogP contribution in [0.2, 0.25) is 0 Å². The van der Waals surface area contributed by atoms with E-state index in [0.717, 1.165) is 6.42 Å². The van der Waals surface area contributed by atoms with Crippen LogP contribution in [0.15, 0.2) is 114 Å². The Hall–Kier alpha value is -3.32. The molecular formula is C33H35N. The number of rotatable bonds is 5. The Bertz CT molecular complexity index is 1190. The molecule has 0 atom stereocenters. The molecule has 0 aliphatic heterocycles. The standard InChI is InChI=1S/C33H35N/c1-26-10-9-13-30(19-14-26)34(31-20-15-27(2)16-21-31)32-22-17-29(18-23-32)33(24-7-4-8-25-33)28-11-5-3-6-12-28/h3,5-6,10-23H,4,7-9,24-25H2,1-2H3. The molecule has 0 bridgehead atoms. The summed E-state index contributed by atoms with van der Waals surface area (Å²) in [5.74, 6) is 0. The monoisotopic (exact) mass is 445 g/mol. The first-order chi connectivity index (χ1) is 16.7. The minimum atomic E-state index is 0.134. The molecule has 0 N–H and O–H groups in total. The number of nitrogens with zero attached hydrogens (tertiary/aromatic N) is 1. The fraction of sp³-hybridized carbons (Fsp3) is 0.273. The number of benzene rings is 3. The number of hydrogen-bond acceptors (Lipinski definition) is 1. The van der Waals surface area contributed by atoms with E-state index >= 15 is 0 Å². The third-order valence-corrected chi connectivity index (χ3v) is 7.55. The molecule has 1 fully saturated rings. The van der Waals surface area contributed by atoms with Crippen molar-refractivity contribution in [3.8, 4) is 0 Å².